The summed E-state index contributed by atoms with van der Waals surface area (Å²) in [5.41, 5.74) is 2.36. The Morgan fingerprint density at radius 1 is 1.05 bits per heavy atom. The van der Waals surface area contributed by atoms with Crippen LogP contribution in [-0.2, 0) is 6.54 Å². The minimum Gasteiger partial charge on any atom is -0.381 e. The lowest BCUT2D eigenvalue weighted by Crippen LogP contribution is -2.41. The molecule has 21 heavy (non-hydrogen) atoms. The zero-order valence-corrected chi connectivity index (χ0v) is 12.1. The molecule has 1 atom stereocenters. The van der Waals surface area contributed by atoms with Gasteiger partial charge >= 0.3 is 0 Å². The molecule has 1 aliphatic rings. The average molecular weight is 284 g/mol. The van der Waals surface area contributed by atoms with Gasteiger partial charge in [-0.25, -0.2) is 4.39 Å². The first-order chi connectivity index (χ1) is 10.3. The van der Waals surface area contributed by atoms with E-state index < -0.39 is 0 Å². The quantitative estimate of drug-likeness (QED) is 0.916. The number of rotatable bonds is 4. The van der Waals surface area contributed by atoms with Crippen molar-refractivity contribution in [1.29, 1.82) is 0 Å². The van der Waals surface area contributed by atoms with Crippen LogP contribution in [0.15, 0.2) is 54.6 Å². The van der Waals surface area contributed by atoms with Gasteiger partial charge in [0.25, 0.3) is 0 Å². The second kappa shape index (κ2) is 6.72. The van der Waals surface area contributed by atoms with Crippen molar-refractivity contribution < 1.29 is 4.39 Å². The lowest BCUT2D eigenvalue weighted by Gasteiger charge is -2.33. The Labute approximate surface area is 125 Å². The Kier molecular flexibility index (Phi) is 4.51. The molecule has 2 aromatic rings. The van der Waals surface area contributed by atoms with Crippen molar-refractivity contribution in [2.45, 2.75) is 25.4 Å². The summed E-state index contributed by atoms with van der Waals surface area (Å²) in [4.78, 5) is 2.49. The molecule has 1 aliphatic heterocycles. The summed E-state index contributed by atoms with van der Waals surface area (Å²) < 4.78 is 12.9. The fraction of sp³-hybridized carbons (Fsp3) is 0.333. The SMILES string of the molecule is Fc1ccc(NC2CCCN(Cc3ccccc3)C2)cc1. The molecule has 2 nitrogen and oxygen atoms in total. The highest BCUT2D eigenvalue weighted by atomic mass is 19.1. The van der Waals surface area contributed by atoms with Crippen molar-refractivity contribution in [2.24, 2.45) is 0 Å². The highest BCUT2D eigenvalue weighted by Crippen LogP contribution is 2.18. The van der Waals surface area contributed by atoms with E-state index in [0.29, 0.717) is 6.04 Å². The summed E-state index contributed by atoms with van der Waals surface area (Å²) in [6.45, 7) is 3.19. The molecule has 0 saturated carbocycles. The van der Waals surface area contributed by atoms with Crippen LogP contribution in [0.4, 0.5) is 10.1 Å². The van der Waals surface area contributed by atoms with Crippen LogP contribution in [-0.4, -0.2) is 24.0 Å². The van der Waals surface area contributed by atoms with Crippen molar-refractivity contribution in [1.82, 2.24) is 4.90 Å². The summed E-state index contributed by atoms with van der Waals surface area (Å²) in [5.74, 6) is -0.185. The smallest absolute Gasteiger partial charge is 0.123 e. The number of hydrogen-bond donors (Lipinski definition) is 1. The highest BCUT2D eigenvalue weighted by molar-refractivity contribution is 5.43. The third-order valence-corrected chi connectivity index (χ3v) is 3.97. The minimum absolute atomic E-state index is 0.185. The lowest BCUT2D eigenvalue weighted by atomic mass is 10.0. The summed E-state index contributed by atoms with van der Waals surface area (Å²) in [7, 11) is 0. The second-order valence-corrected chi connectivity index (χ2v) is 5.71. The van der Waals surface area contributed by atoms with E-state index in [1.807, 2.05) is 12.1 Å². The van der Waals surface area contributed by atoms with Crippen LogP contribution in [0.3, 0.4) is 0 Å². The summed E-state index contributed by atoms with van der Waals surface area (Å²) >= 11 is 0. The molecule has 0 spiro atoms. The van der Waals surface area contributed by atoms with E-state index in [1.54, 1.807) is 0 Å². The fourth-order valence-electron chi connectivity index (χ4n) is 2.94. The Hall–Kier alpha value is -1.87. The van der Waals surface area contributed by atoms with Crippen LogP contribution in [0, 0.1) is 5.82 Å². The maximum atomic E-state index is 12.9. The van der Waals surface area contributed by atoms with Gasteiger partial charge in [0, 0.05) is 24.8 Å². The largest absolute Gasteiger partial charge is 0.381 e. The third-order valence-electron chi connectivity index (χ3n) is 3.97. The van der Waals surface area contributed by atoms with Crippen LogP contribution in [0.2, 0.25) is 0 Å². The van der Waals surface area contributed by atoms with Gasteiger partial charge in [-0.2, -0.15) is 0 Å². The van der Waals surface area contributed by atoms with Crippen LogP contribution in [0.25, 0.3) is 0 Å². The first kappa shape index (κ1) is 14.1. The van der Waals surface area contributed by atoms with E-state index in [0.717, 1.165) is 25.3 Å². The van der Waals surface area contributed by atoms with Gasteiger partial charge in [0.05, 0.1) is 0 Å². The van der Waals surface area contributed by atoms with Crippen LogP contribution >= 0.6 is 0 Å². The number of halogens is 1. The molecule has 0 radical (unpaired) electrons. The van der Waals surface area contributed by atoms with E-state index in [2.05, 4.69) is 40.5 Å². The zero-order valence-electron chi connectivity index (χ0n) is 12.1. The number of anilines is 1. The molecule has 0 aromatic heterocycles. The zero-order chi connectivity index (χ0) is 14.5. The summed E-state index contributed by atoms with van der Waals surface area (Å²) in [6.07, 6.45) is 2.37. The maximum Gasteiger partial charge on any atom is 0.123 e. The molecule has 3 rings (SSSR count). The van der Waals surface area contributed by atoms with E-state index in [4.69, 9.17) is 0 Å². The number of hydrogen-bond acceptors (Lipinski definition) is 2. The van der Waals surface area contributed by atoms with Gasteiger partial charge < -0.3 is 5.32 Å². The molecule has 1 heterocycles. The molecule has 0 bridgehead atoms. The summed E-state index contributed by atoms with van der Waals surface area (Å²) in [5, 5.41) is 3.52. The minimum atomic E-state index is -0.185. The number of likely N-dealkylation sites (tertiary alicyclic amines) is 1. The Morgan fingerprint density at radius 3 is 2.57 bits per heavy atom. The molecule has 1 N–H and O–H groups in total. The molecule has 2 aromatic carbocycles. The fourth-order valence-corrected chi connectivity index (χ4v) is 2.94. The molecular weight excluding hydrogens is 263 g/mol. The van der Waals surface area contributed by atoms with E-state index in [1.165, 1.54) is 30.5 Å². The Balaban J connectivity index is 1.57. The number of nitrogens with one attached hydrogen (secondary N) is 1. The molecule has 1 saturated heterocycles. The van der Waals surface area contributed by atoms with Crippen LogP contribution < -0.4 is 5.32 Å². The monoisotopic (exact) mass is 284 g/mol. The number of piperidine rings is 1. The van der Waals surface area contributed by atoms with Gasteiger partial charge in [-0.05, 0) is 49.2 Å². The van der Waals surface area contributed by atoms with E-state index in [9.17, 15) is 4.39 Å². The third kappa shape index (κ3) is 4.05. The first-order valence-corrected chi connectivity index (χ1v) is 7.58. The molecule has 1 fully saturated rings. The van der Waals surface area contributed by atoms with Gasteiger partial charge in [-0.3, -0.25) is 4.90 Å². The van der Waals surface area contributed by atoms with Crippen molar-refractivity contribution in [2.75, 3.05) is 18.4 Å². The topological polar surface area (TPSA) is 15.3 Å². The van der Waals surface area contributed by atoms with Gasteiger partial charge in [-0.15, -0.1) is 0 Å². The normalized spacial score (nSPS) is 19.4. The van der Waals surface area contributed by atoms with Crippen LogP contribution in [0.1, 0.15) is 18.4 Å². The maximum absolute atomic E-state index is 12.9. The van der Waals surface area contributed by atoms with Gasteiger partial charge in [0.15, 0.2) is 0 Å². The molecular formula is C18H21FN2. The van der Waals surface area contributed by atoms with Crippen molar-refractivity contribution in [3.63, 3.8) is 0 Å². The number of benzene rings is 2. The van der Waals surface area contributed by atoms with Gasteiger partial charge in [0.2, 0.25) is 0 Å². The molecule has 110 valence electrons. The highest BCUT2D eigenvalue weighted by Gasteiger charge is 2.19. The molecule has 0 aliphatic carbocycles. The second-order valence-electron chi connectivity index (χ2n) is 5.71. The lowest BCUT2D eigenvalue weighted by molar-refractivity contribution is 0.208. The molecule has 3 heteroatoms. The van der Waals surface area contributed by atoms with E-state index in [-0.39, 0.29) is 5.82 Å². The van der Waals surface area contributed by atoms with Crippen molar-refractivity contribution in [3.05, 3.63) is 66.0 Å². The predicted octanol–water partition coefficient (Wildman–Crippen LogP) is 3.90. The standard InChI is InChI=1S/C18H21FN2/c19-16-8-10-17(11-9-16)20-18-7-4-12-21(14-18)13-15-5-2-1-3-6-15/h1-3,5-6,8-11,18,20H,4,7,12-14H2. The van der Waals surface area contributed by atoms with E-state index >= 15 is 0 Å². The first-order valence-electron chi connectivity index (χ1n) is 7.58. The Bertz CT molecular complexity index is 553. The summed E-state index contributed by atoms with van der Waals surface area (Å²) in [6, 6.07) is 17.7. The average Bonchev–Trinajstić information content (AvgIpc) is 2.51. The van der Waals surface area contributed by atoms with Crippen LogP contribution in [0.5, 0.6) is 0 Å². The predicted molar refractivity (Wildman–Crippen MR) is 84.8 cm³/mol. The molecule has 1 unspecified atom stereocenters. The Morgan fingerprint density at radius 2 is 1.81 bits per heavy atom. The van der Waals surface area contributed by atoms with Crippen molar-refractivity contribution >= 4 is 5.69 Å². The van der Waals surface area contributed by atoms with Crippen molar-refractivity contribution in [3.8, 4) is 0 Å². The van der Waals surface area contributed by atoms with Gasteiger partial charge in [0.1, 0.15) is 5.82 Å². The molecule has 0 amide bonds. The number of nitrogens with zero attached hydrogens (tertiary/aromatic N) is 1. The van der Waals surface area contributed by atoms with Gasteiger partial charge in [-0.1, -0.05) is 30.3 Å².